The molecule has 0 saturated heterocycles. The quantitative estimate of drug-likeness (QED) is 0.258. The van der Waals surface area contributed by atoms with E-state index in [0.29, 0.717) is 0 Å². The molecule has 8 nitrogen and oxygen atoms in total. The van der Waals surface area contributed by atoms with Crippen molar-refractivity contribution in [3.8, 4) is 5.75 Å². The van der Waals surface area contributed by atoms with Gasteiger partial charge >= 0.3 is 0 Å². The molecule has 0 aliphatic rings. The lowest BCUT2D eigenvalue weighted by molar-refractivity contribution is -0.139. The lowest BCUT2D eigenvalue weighted by Crippen LogP contribution is -2.52. The normalized spacial score (nSPS) is 12.8. The van der Waals surface area contributed by atoms with Gasteiger partial charge in [0, 0.05) is 22.1 Å². The molecule has 2 amide bonds. The molecule has 1 N–H and O–H groups in total. The standard InChI is InChI=1S/C30H35BrClN3O5S/c1-6-21(3)33-30(37)22(4)34(18-23-8-7-9-24(31)16-23)29(36)19-35(27-17-25(32)12-15-28(27)40-5)41(38,39)26-13-10-20(2)11-14-26/h7-17,21-22H,6,18-19H2,1-5H3,(H,33,37). The molecule has 3 aromatic rings. The van der Waals surface area contributed by atoms with Crippen LogP contribution in [0.3, 0.4) is 0 Å². The SMILES string of the molecule is CCC(C)NC(=O)C(C)N(Cc1cccc(Br)c1)C(=O)CN(c1cc(Cl)ccc1OC)S(=O)(=O)c1ccc(C)cc1. The van der Waals surface area contributed by atoms with E-state index in [-0.39, 0.29) is 39.8 Å². The van der Waals surface area contributed by atoms with E-state index in [2.05, 4.69) is 21.2 Å². The second kappa shape index (κ2) is 14.2. The minimum atomic E-state index is -4.26. The summed E-state index contributed by atoms with van der Waals surface area (Å²) >= 11 is 9.73. The number of ether oxygens (including phenoxy) is 1. The Morgan fingerprint density at radius 2 is 1.73 bits per heavy atom. The van der Waals surface area contributed by atoms with Gasteiger partial charge in [-0.15, -0.1) is 0 Å². The van der Waals surface area contributed by atoms with Crippen molar-refractivity contribution < 1.29 is 22.7 Å². The van der Waals surface area contributed by atoms with Crippen molar-refractivity contribution in [2.45, 2.75) is 57.6 Å². The van der Waals surface area contributed by atoms with Crippen LogP contribution in [0.15, 0.2) is 76.1 Å². The second-order valence-corrected chi connectivity index (χ2v) is 13.0. The van der Waals surface area contributed by atoms with Gasteiger partial charge in [0.1, 0.15) is 18.3 Å². The summed E-state index contributed by atoms with van der Waals surface area (Å²) < 4.78 is 35.3. The number of nitrogens with one attached hydrogen (secondary N) is 1. The van der Waals surface area contributed by atoms with E-state index in [0.717, 1.165) is 26.3 Å². The van der Waals surface area contributed by atoms with Crippen LogP contribution in [-0.2, 0) is 26.2 Å². The van der Waals surface area contributed by atoms with Crippen molar-refractivity contribution in [3.05, 3.63) is 87.4 Å². The van der Waals surface area contributed by atoms with E-state index in [1.165, 1.54) is 30.2 Å². The number of aryl methyl sites for hydroxylation is 1. The van der Waals surface area contributed by atoms with E-state index in [1.54, 1.807) is 31.2 Å². The topological polar surface area (TPSA) is 96.0 Å². The van der Waals surface area contributed by atoms with Gasteiger partial charge < -0.3 is 15.0 Å². The summed E-state index contributed by atoms with van der Waals surface area (Å²) in [6.07, 6.45) is 0.717. The monoisotopic (exact) mass is 663 g/mol. The fourth-order valence-corrected chi connectivity index (χ4v) is 6.12. The van der Waals surface area contributed by atoms with Gasteiger partial charge in [-0.05, 0) is 75.2 Å². The number of amides is 2. The van der Waals surface area contributed by atoms with Gasteiger partial charge in [0.2, 0.25) is 11.8 Å². The lowest BCUT2D eigenvalue weighted by atomic mass is 10.1. The van der Waals surface area contributed by atoms with Crippen molar-refractivity contribution in [3.63, 3.8) is 0 Å². The molecule has 0 fully saturated rings. The molecule has 2 unspecified atom stereocenters. The van der Waals surface area contributed by atoms with Crippen molar-refractivity contribution in [1.82, 2.24) is 10.2 Å². The van der Waals surface area contributed by atoms with Crippen LogP contribution in [0, 0.1) is 6.92 Å². The average molecular weight is 665 g/mol. The predicted octanol–water partition coefficient (Wildman–Crippen LogP) is 5.95. The van der Waals surface area contributed by atoms with Crippen LogP contribution in [0.4, 0.5) is 5.69 Å². The molecular weight excluding hydrogens is 630 g/mol. The Bertz CT molecular complexity index is 1480. The van der Waals surface area contributed by atoms with E-state index in [4.69, 9.17) is 16.3 Å². The van der Waals surface area contributed by atoms with Gasteiger partial charge in [0.15, 0.2) is 0 Å². The van der Waals surface area contributed by atoms with Gasteiger partial charge in [0.25, 0.3) is 10.0 Å². The second-order valence-electron chi connectivity index (χ2n) is 9.79. The van der Waals surface area contributed by atoms with Crippen LogP contribution < -0.4 is 14.4 Å². The summed E-state index contributed by atoms with van der Waals surface area (Å²) in [5.41, 5.74) is 1.76. The molecule has 0 radical (unpaired) electrons. The van der Waals surface area contributed by atoms with E-state index in [9.17, 15) is 18.0 Å². The number of halogens is 2. The largest absolute Gasteiger partial charge is 0.495 e. The number of benzene rings is 3. The Kier molecular flexibility index (Phi) is 11.2. The highest BCUT2D eigenvalue weighted by Gasteiger charge is 2.34. The lowest BCUT2D eigenvalue weighted by Gasteiger charge is -2.33. The minimum Gasteiger partial charge on any atom is -0.495 e. The average Bonchev–Trinajstić information content (AvgIpc) is 2.94. The molecule has 0 aliphatic carbocycles. The Morgan fingerprint density at radius 1 is 1.05 bits per heavy atom. The van der Waals surface area contributed by atoms with E-state index < -0.39 is 28.5 Å². The molecular formula is C30H35BrClN3O5S. The minimum absolute atomic E-state index is 0.000898. The summed E-state index contributed by atoms with van der Waals surface area (Å²) in [5, 5.41) is 3.19. The Hall–Kier alpha value is -3.08. The van der Waals surface area contributed by atoms with Gasteiger partial charge in [-0.2, -0.15) is 0 Å². The third-order valence-corrected chi connectivity index (χ3v) is 9.21. The molecule has 3 rings (SSSR count). The van der Waals surface area contributed by atoms with Crippen molar-refractivity contribution in [2.75, 3.05) is 18.0 Å². The first kappa shape index (κ1) is 32.4. The first-order chi connectivity index (χ1) is 19.4. The maximum absolute atomic E-state index is 14.1. The summed E-state index contributed by atoms with van der Waals surface area (Å²) in [5.74, 6) is -0.690. The number of sulfonamides is 1. The Morgan fingerprint density at radius 3 is 2.34 bits per heavy atom. The van der Waals surface area contributed by atoms with Crippen molar-refractivity contribution in [1.29, 1.82) is 0 Å². The van der Waals surface area contributed by atoms with Crippen molar-refractivity contribution in [2.24, 2.45) is 0 Å². The Labute approximate surface area is 255 Å². The first-order valence-electron chi connectivity index (χ1n) is 13.1. The number of carbonyl (C=O) groups is 2. The molecule has 0 bridgehead atoms. The third kappa shape index (κ3) is 8.24. The Balaban J connectivity index is 2.10. The maximum Gasteiger partial charge on any atom is 0.264 e. The zero-order valence-electron chi connectivity index (χ0n) is 23.7. The molecule has 41 heavy (non-hydrogen) atoms. The summed E-state index contributed by atoms with van der Waals surface area (Å²) in [6.45, 7) is 6.80. The van der Waals surface area contributed by atoms with E-state index >= 15 is 0 Å². The molecule has 11 heteroatoms. The number of methoxy groups -OCH3 is 1. The highest BCUT2D eigenvalue weighted by Crippen LogP contribution is 2.35. The zero-order chi connectivity index (χ0) is 30.3. The van der Waals surface area contributed by atoms with Crippen molar-refractivity contribution >= 4 is 55.1 Å². The van der Waals surface area contributed by atoms with E-state index in [1.807, 2.05) is 45.0 Å². The fourth-order valence-electron chi connectivity index (χ4n) is 4.09. The fraction of sp³-hybridized carbons (Fsp3) is 0.333. The number of hydrogen-bond acceptors (Lipinski definition) is 5. The number of carbonyl (C=O) groups excluding carboxylic acids is 2. The highest BCUT2D eigenvalue weighted by molar-refractivity contribution is 9.10. The molecule has 0 saturated carbocycles. The van der Waals surface area contributed by atoms with Crippen LogP contribution in [0.2, 0.25) is 5.02 Å². The van der Waals surface area contributed by atoms with Gasteiger partial charge in [-0.3, -0.25) is 13.9 Å². The summed E-state index contributed by atoms with van der Waals surface area (Å²) in [4.78, 5) is 28.7. The number of hydrogen-bond donors (Lipinski definition) is 1. The van der Waals surface area contributed by atoms with Crippen LogP contribution in [0.5, 0.6) is 5.75 Å². The maximum atomic E-state index is 14.1. The molecule has 2 atom stereocenters. The predicted molar refractivity (Wildman–Crippen MR) is 166 cm³/mol. The molecule has 3 aromatic carbocycles. The highest BCUT2D eigenvalue weighted by atomic mass is 79.9. The first-order valence-corrected chi connectivity index (χ1v) is 15.8. The molecule has 220 valence electrons. The molecule has 0 spiro atoms. The van der Waals surface area contributed by atoms with Crippen LogP contribution >= 0.6 is 27.5 Å². The van der Waals surface area contributed by atoms with Crippen LogP contribution in [0.25, 0.3) is 0 Å². The van der Waals surface area contributed by atoms with Gasteiger partial charge in [0.05, 0.1) is 17.7 Å². The smallest absolute Gasteiger partial charge is 0.264 e. The number of anilines is 1. The molecule has 0 aliphatic heterocycles. The summed E-state index contributed by atoms with van der Waals surface area (Å²) in [6, 6.07) is 17.3. The zero-order valence-corrected chi connectivity index (χ0v) is 26.9. The molecule has 0 aromatic heterocycles. The number of rotatable bonds is 12. The van der Waals surface area contributed by atoms with Crippen LogP contribution in [-0.4, -0.2) is 50.9 Å². The van der Waals surface area contributed by atoms with Gasteiger partial charge in [-0.25, -0.2) is 8.42 Å². The molecule has 0 heterocycles. The van der Waals surface area contributed by atoms with Gasteiger partial charge in [-0.1, -0.05) is 64.3 Å². The third-order valence-electron chi connectivity index (χ3n) is 6.71. The number of nitrogens with zero attached hydrogens (tertiary/aromatic N) is 2. The van der Waals surface area contributed by atoms with Crippen LogP contribution in [0.1, 0.15) is 38.3 Å². The summed E-state index contributed by atoms with van der Waals surface area (Å²) in [7, 11) is -2.85.